The van der Waals surface area contributed by atoms with Gasteiger partial charge in [0.2, 0.25) is 11.8 Å². The van der Waals surface area contributed by atoms with Crippen LogP contribution in [0.4, 0.5) is 19.4 Å². The van der Waals surface area contributed by atoms with E-state index in [0.29, 0.717) is 45.4 Å². The van der Waals surface area contributed by atoms with E-state index in [4.69, 9.17) is 9.72 Å². The molecule has 2 atom stereocenters. The van der Waals surface area contributed by atoms with E-state index in [2.05, 4.69) is 11.0 Å². The molecule has 3 fully saturated rings. The number of alkyl halides is 2. The summed E-state index contributed by atoms with van der Waals surface area (Å²) >= 11 is 0. The number of carbonyl (C=O) groups excluding carboxylic acids is 2. The quantitative estimate of drug-likeness (QED) is 0.613. The fourth-order valence-electron chi connectivity index (χ4n) is 5.99. The van der Waals surface area contributed by atoms with Crippen molar-refractivity contribution in [3.05, 3.63) is 23.4 Å². The average Bonchev–Trinajstić information content (AvgIpc) is 3.31. The van der Waals surface area contributed by atoms with Gasteiger partial charge in [0.1, 0.15) is 11.4 Å². The molecule has 192 valence electrons. The summed E-state index contributed by atoms with van der Waals surface area (Å²) in [5.41, 5.74) is 1.46. The lowest BCUT2D eigenvalue weighted by Gasteiger charge is -2.42. The standard InChI is InChI=1S/C26H36F2N4O3/c1-25(2,3)35-24(34)31-14-19-5-6-20(15-31)32(19)22-7-4-18-13-30(16-21(18)29-22)23(33)12-17-8-10-26(27,28)11-9-17/h4,7,17,19-20H,5-6,8-16H2,1-3H3. The zero-order valence-electron chi connectivity index (χ0n) is 20.9. The Labute approximate surface area is 205 Å². The number of fused-ring (bicyclic) bond motifs is 3. The van der Waals surface area contributed by atoms with Crippen LogP contribution in [0.5, 0.6) is 0 Å². The Hall–Kier alpha value is -2.45. The molecule has 3 aliphatic heterocycles. The minimum absolute atomic E-state index is 0.0332. The molecule has 1 aliphatic carbocycles. The molecule has 0 N–H and O–H groups in total. The van der Waals surface area contributed by atoms with Crippen LogP contribution in [-0.2, 0) is 22.6 Å². The third-order valence-corrected chi connectivity index (χ3v) is 7.81. The lowest BCUT2D eigenvalue weighted by molar-refractivity contribution is -0.134. The molecule has 2 bridgehead atoms. The van der Waals surface area contributed by atoms with Crippen molar-refractivity contribution in [1.82, 2.24) is 14.8 Å². The monoisotopic (exact) mass is 490 g/mol. The molecule has 4 heterocycles. The topological polar surface area (TPSA) is 66.0 Å². The number of carbonyl (C=O) groups is 2. The van der Waals surface area contributed by atoms with Crippen molar-refractivity contribution in [2.45, 2.75) is 102 Å². The largest absolute Gasteiger partial charge is 0.444 e. The predicted molar refractivity (Wildman–Crippen MR) is 127 cm³/mol. The van der Waals surface area contributed by atoms with Crippen LogP contribution in [-0.4, -0.2) is 63.5 Å². The number of likely N-dealkylation sites (tertiary alicyclic amines) is 1. The van der Waals surface area contributed by atoms with E-state index in [1.165, 1.54) is 0 Å². The van der Waals surface area contributed by atoms with Crippen LogP contribution in [0.2, 0.25) is 0 Å². The van der Waals surface area contributed by atoms with Gasteiger partial charge in [-0.3, -0.25) is 4.79 Å². The van der Waals surface area contributed by atoms with Crippen molar-refractivity contribution in [3.63, 3.8) is 0 Å². The number of rotatable bonds is 3. The molecule has 1 saturated carbocycles. The van der Waals surface area contributed by atoms with E-state index < -0.39 is 11.5 Å². The highest BCUT2D eigenvalue weighted by Gasteiger charge is 2.43. The maximum atomic E-state index is 13.4. The van der Waals surface area contributed by atoms with Crippen molar-refractivity contribution in [2.75, 3.05) is 18.0 Å². The second-order valence-electron chi connectivity index (χ2n) is 11.7. The van der Waals surface area contributed by atoms with Gasteiger partial charge in [-0.05, 0) is 64.0 Å². The van der Waals surface area contributed by atoms with Crippen LogP contribution in [0.3, 0.4) is 0 Å². The lowest BCUT2D eigenvalue weighted by atomic mass is 9.84. The number of piperazine rings is 1. The number of halogens is 2. The molecular weight excluding hydrogens is 454 g/mol. The summed E-state index contributed by atoms with van der Waals surface area (Å²) in [7, 11) is 0. The smallest absolute Gasteiger partial charge is 0.410 e. The second-order valence-corrected chi connectivity index (χ2v) is 11.7. The van der Waals surface area contributed by atoms with Crippen LogP contribution < -0.4 is 4.90 Å². The Bertz CT molecular complexity index is 971. The first-order chi connectivity index (χ1) is 16.5. The number of hydrogen-bond donors (Lipinski definition) is 0. The SMILES string of the molecule is CC(C)(C)OC(=O)N1CC2CCC(C1)N2c1ccc2c(n1)CN(C(=O)CC1CCC(F)(F)CC1)C2. The van der Waals surface area contributed by atoms with Crippen LogP contribution in [0, 0.1) is 5.92 Å². The predicted octanol–water partition coefficient (Wildman–Crippen LogP) is 4.73. The van der Waals surface area contributed by atoms with Crippen LogP contribution >= 0.6 is 0 Å². The van der Waals surface area contributed by atoms with E-state index in [9.17, 15) is 18.4 Å². The van der Waals surface area contributed by atoms with E-state index in [1.54, 1.807) is 0 Å². The minimum Gasteiger partial charge on any atom is -0.444 e. The summed E-state index contributed by atoms with van der Waals surface area (Å²) in [5.74, 6) is -1.58. The highest BCUT2D eigenvalue weighted by atomic mass is 19.3. The Morgan fingerprint density at radius 1 is 1.03 bits per heavy atom. The Balaban J connectivity index is 1.20. The molecule has 1 aromatic heterocycles. The molecule has 2 amide bonds. The molecule has 2 unspecified atom stereocenters. The van der Waals surface area contributed by atoms with Crippen LogP contribution in [0.1, 0.15) is 77.0 Å². The number of ether oxygens (including phenoxy) is 1. The van der Waals surface area contributed by atoms with E-state index in [-0.39, 0.29) is 42.8 Å². The molecule has 1 aromatic rings. The second kappa shape index (κ2) is 8.89. The van der Waals surface area contributed by atoms with E-state index >= 15 is 0 Å². The minimum atomic E-state index is -2.57. The Morgan fingerprint density at radius 3 is 2.31 bits per heavy atom. The number of amides is 2. The van der Waals surface area contributed by atoms with Gasteiger partial charge in [0, 0.05) is 51.0 Å². The van der Waals surface area contributed by atoms with Gasteiger partial charge in [0.25, 0.3) is 0 Å². The van der Waals surface area contributed by atoms with Gasteiger partial charge in [0.15, 0.2) is 0 Å². The molecule has 9 heteroatoms. The molecule has 5 rings (SSSR count). The van der Waals surface area contributed by atoms with Gasteiger partial charge in [-0.1, -0.05) is 6.07 Å². The van der Waals surface area contributed by atoms with Gasteiger partial charge in [0.05, 0.1) is 12.2 Å². The van der Waals surface area contributed by atoms with Crippen molar-refractivity contribution in [2.24, 2.45) is 5.92 Å². The van der Waals surface area contributed by atoms with Gasteiger partial charge < -0.3 is 19.4 Å². The van der Waals surface area contributed by atoms with Crippen LogP contribution in [0.25, 0.3) is 0 Å². The molecule has 0 aromatic carbocycles. The van der Waals surface area contributed by atoms with Crippen LogP contribution in [0.15, 0.2) is 12.1 Å². The molecule has 35 heavy (non-hydrogen) atoms. The van der Waals surface area contributed by atoms with Crippen molar-refractivity contribution < 1.29 is 23.1 Å². The fraction of sp³-hybridized carbons (Fsp3) is 0.731. The number of anilines is 1. The molecule has 4 aliphatic rings. The lowest BCUT2D eigenvalue weighted by Crippen LogP contribution is -2.56. The van der Waals surface area contributed by atoms with E-state index in [1.807, 2.05) is 36.6 Å². The normalized spacial score (nSPS) is 26.1. The molecule has 0 spiro atoms. The first kappa shape index (κ1) is 24.3. The summed E-state index contributed by atoms with van der Waals surface area (Å²) in [5, 5.41) is 0. The molecular formula is C26H36F2N4O3. The maximum absolute atomic E-state index is 13.4. The molecule has 0 radical (unpaired) electrons. The average molecular weight is 491 g/mol. The summed E-state index contributed by atoms with van der Waals surface area (Å²) in [4.78, 5) is 36.4. The van der Waals surface area contributed by atoms with Crippen molar-refractivity contribution in [3.8, 4) is 0 Å². The first-order valence-electron chi connectivity index (χ1n) is 12.9. The van der Waals surface area contributed by atoms with Crippen molar-refractivity contribution in [1.29, 1.82) is 0 Å². The third kappa shape index (κ3) is 5.23. The number of nitrogens with zero attached hydrogens (tertiary/aromatic N) is 4. The Morgan fingerprint density at radius 2 is 1.69 bits per heavy atom. The highest BCUT2D eigenvalue weighted by molar-refractivity contribution is 5.77. The highest BCUT2D eigenvalue weighted by Crippen LogP contribution is 2.39. The fourth-order valence-corrected chi connectivity index (χ4v) is 5.99. The summed E-state index contributed by atoms with van der Waals surface area (Å²) < 4.78 is 32.5. The maximum Gasteiger partial charge on any atom is 0.410 e. The number of hydrogen-bond acceptors (Lipinski definition) is 5. The number of pyridine rings is 1. The van der Waals surface area contributed by atoms with Crippen molar-refractivity contribution >= 4 is 17.8 Å². The summed E-state index contributed by atoms with van der Waals surface area (Å²) in [6.45, 7) is 7.88. The Kier molecular flexibility index (Phi) is 6.16. The summed E-state index contributed by atoms with van der Waals surface area (Å²) in [6, 6.07) is 4.50. The summed E-state index contributed by atoms with van der Waals surface area (Å²) in [6.07, 6.45) is 2.71. The first-order valence-corrected chi connectivity index (χ1v) is 12.9. The van der Waals surface area contributed by atoms with Gasteiger partial charge in [-0.2, -0.15) is 0 Å². The molecule has 2 saturated heterocycles. The van der Waals surface area contributed by atoms with Gasteiger partial charge >= 0.3 is 6.09 Å². The van der Waals surface area contributed by atoms with E-state index in [0.717, 1.165) is 29.9 Å². The third-order valence-electron chi connectivity index (χ3n) is 7.81. The molecule has 7 nitrogen and oxygen atoms in total. The van der Waals surface area contributed by atoms with Gasteiger partial charge in [-0.25, -0.2) is 18.6 Å². The zero-order chi connectivity index (χ0) is 25.0. The van der Waals surface area contributed by atoms with Gasteiger partial charge in [-0.15, -0.1) is 0 Å². The zero-order valence-corrected chi connectivity index (χ0v) is 20.9. The number of aromatic nitrogens is 1.